The molecule has 1 aliphatic rings. The topological polar surface area (TPSA) is 15.3 Å². The number of nitrogens with zero attached hydrogens (tertiary/aromatic N) is 1. The highest BCUT2D eigenvalue weighted by atomic mass is 15.3. The molecule has 1 aromatic carbocycles. The second-order valence-corrected chi connectivity index (χ2v) is 7.01. The molecule has 0 spiro atoms. The third-order valence-corrected chi connectivity index (χ3v) is 5.57. The number of hydrogen-bond donors (Lipinski definition) is 1. The van der Waals surface area contributed by atoms with E-state index >= 15 is 0 Å². The predicted molar refractivity (Wildman–Crippen MR) is 91.6 cm³/mol. The van der Waals surface area contributed by atoms with Crippen LogP contribution in [0.25, 0.3) is 0 Å². The Morgan fingerprint density at radius 1 is 1.10 bits per heavy atom. The van der Waals surface area contributed by atoms with Crippen LogP contribution in [-0.4, -0.2) is 29.6 Å². The van der Waals surface area contributed by atoms with E-state index in [-0.39, 0.29) is 11.1 Å². The van der Waals surface area contributed by atoms with Crippen LogP contribution in [0.15, 0.2) is 30.3 Å². The zero-order chi connectivity index (χ0) is 15.5. The van der Waals surface area contributed by atoms with Gasteiger partial charge in [0.25, 0.3) is 0 Å². The lowest BCUT2D eigenvalue weighted by Crippen LogP contribution is -2.68. The number of hydrogen-bond acceptors (Lipinski definition) is 2. The van der Waals surface area contributed by atoms with Gasteiger partial charge in [-0.05, 0) is 38.7 Å². The molecule has 1 aliphatic heterocycles. The minimum absolute atomic E-state index is 0.0899. The first-order chi connectivity index (χ1) is 9.99. The summed E-state index contributed by atoms with van der Waals surface area (Å²) in [5, 5.41) is 3.83. The maximum absolute atomic E-state index is 3.83. The van der Waals surface area contributed by atoms with E-state index < -0.39 is 0 Å². The van der Waals surface area contributed by atoms with E-state index in [9.17, 15) is 0 Å². The van der Waals surface area contributed by atoms with Crippen molar-refractivity contribution in [2.75, 3.05) is 13.1 Å². The summed E-state index contributed by atoms with van der Waals surface area (Å²) in [6.45, 7) is 13.9. The summed E-state index contributed by atoms with van der Waals surface area (Å²) in [5.41, 5.74) is 1.76. The van der Waals surface area contributed by atoms with Crippen molar-refractivity contribution < 1.29 is 0 Å². The van der Waals surface area contributed by atoms with E-state index in [2.05, 4.69) is 75.2 Å². The summed E-state index contributed by atoms with van der Waals surface area (Å²) in [4.78, 5) is 2.77. The fourth-order valence-electron chi connectivity index (χ4n) is 3.66. The zero-order valence-corrected chi connectivity index (χ0v) is 14.4. The van der Waals surface area contributed by atoms with Crippen LogP contribution in [0.2, 0.25) is 0 Å². The van der Waals surface area contributed by atoms with Gasteiger partial charge >= 0.3 is 0 Å². The normalized spacial score (nSPS) is 30.8. The van der Waals surface area contributed by atoms with Crippen LogP contribution in [0.5, 0.6) is 0 Å². The summed E-state index contributed by atoms with van der Waals surface area (Å²) < 4.78 is 0. The van der Waals surface area contributed by atoms with E-state index in [1.807, 2.05) is 0 Å². The first-order valence-electron chi connectivity index (χ1n) is 8.56. The molecule has 118 valence electrons. The summed E-state index contributed by atoms with van der Waals surface area (Å²) >= 11 is 0. The molecule has 1 heterocycles. The van der Waals surface area contributed by atoms with Gasteiger partial charge in [-0.15, -0.1) is 0 Å². The highest BCUT2D eigenvalue weighted by molar-refractivity contribution is 5.26. The minimum Gasteiger partial charge on any atom is -0.308 e. The Morgan fingerprint density at radius 2 is 1.71 bits per heavy atom. The number of benzene rings is 1. The van der Waals surface area contributed by atoms with Crippen molar-refractivity contribution in [2.24, 2.45) is 0 Å². The molecule has 21 heavy (non-hydrogen) atoms. The second-order valence-electron chi connectivity index (χ2n) is 7.01. The first-order valence-corrected chi connectivity index (χ1v) is 8.56. The Kier molecular flexibility index (Phi) is 5.11. The number of nitrogens with one attached hydrogen (secondary N) is 1. The van der Waals surface area contributed by atoms with Gasteiger partial charge in [-0.3, -0.25) is 4.90 Å². The summed E-state index contributed by atoms with van der Waals surface area (Å²) in [5.74, 6) is 0. The van der Waals surface area contributed by atoms with Crippen molar-refractivity contribution in [3.63, 3.8) is 0 Å². The molecule has 0 aromatic heterocycles. The van der Waals surface area contributed by atoms with Crippen LogP contribution >= 0.6 is 0 Å². The van der Waals surface area contributed by atoms with Crippen molar-refractivity contribution in [3.8, 4) is 0 Å². The van der Waals surface area contributed by atoms with E-state index in [1.165, 1.54) is 24.8 Å². The lowest BCUT2D eigenvalue weighted by molar-refractivity contribution is -0.0201. The lowest BCUT2D eigenvalue weighted by Gasteiger charge is -2.55. The van der Waals surface area contributed by atoms with Crippen LogP contribution in [0.4, 0.5) is 0 Å². The van der Waals surface area contributed by atoms with Gasteiger partial charge in [0.05, 0.1) is 5.54 Å². The Labute approximate surface area is 130 Å². The molecule has 2 unspecified atom stereocenters. The van der Waals surface area contributed by atoms with Crippen LogP contribution in [0.3, 0.4) is 0 Å². The molecule has 2 rings (SSSR count). The smallest absolute Gasteiger partial charge is 0.0560 e. The van der Waals surface area contributed by atoms with Crippen molar-refractivity contribution in [3.05, 3.63) is 35.9 Å². The lowest BCUT2D eigenvalue weighted by atomic mass is 9.81. The van der Waals surface area contributed by atoms with Crippen molar-refractivity contribution >= 4 is 0 Å². The SMILES string of the molecule is CCC(CC)N1CC(C)(CC)NCC1(C)c1ccccc1. The summed E-state index contributed by atoms with van der Waals surface area (Å²) in [6.07, 6.45) is 3.62. The van der Waals surface area contributed by atoms with Gasteiger partial charge in [0.2, 0.25) is 0 Å². The molecule has 2 nitrogen and oxygen atoms in total. The van der Waals surface area contributed by atoms with Gasteiger partial charge in [-0.2, -0.15) is 0 Å². The third-order valence-electron chi connectivity index (χ3n) is 5.57. The molecule has 0 radical (unpaired) electrons. The predicted octanol–water partition coefficient (Wildman–Crippen LogP) is 4.16. The van der Waals surface area contributed by atoms with Gasteiger partial charge in [-0.1, -0.05) is 51.1 Å². The van der Waals surface area contributed by atoms with Crippen LogP contribution in [0, 0.1) is 0 Å². The first kappa shape index (κ1) is 16.5. The van der Waals surface area contributed by atoms with E-state index in [0.29, 0.717) is 6.04 Å². The molecule has 2 atom stereocenters. The molecule has 2 heteroatoms. The second kappa shape index (κ2) is 6.50. The highest BCUT2D eigenvalue weighted by Crippen LogP contribution is 2.37. The molecule has 0 saturated carbocycles. The Hall–Kier alpha value is -0.860. The Morgan fingerprint density at radius 3 is 2.24 bits per heavy atom. The van der Waals surface area contributed by atoms with Crippen molar-refractivity contribution in [1.82, 2.24) is 10.2 Å². The maximum Gasteiger partial charge on any atom is 0.0560 e. The van der Waals surface area contributed by atoms with E-state index in [0.717, 1.165) is 13.1 Å². The standard InChI is InChI=1S/C19H32N2/c1-6-17(7-2)21-15-18(4,8-3)20-14-19(21,5)16-12-10-9-11-13-16/h9-13,17,20H,6-8,14-15H2,1-5H3. The molecule has 1 saturated heterocycles. The zero-order valence-electron chi connectivity index (χ0n) is 14.4. The molecule has 1 aromatic rings. The molecule has 0 aliphatic carbocycles. The molecular formula is C19H32N2. The van der Waals surface area contributed by atoms with Crippen molar-refractivity contribution in [1.29, 1.82) is 0 Å². The Bertz CT molecular complexity index is 440. The molecule has 0 amide bonds. The average Bonchev–Trinajstić information content (AvgIpc) is 2.53. The minimum atomic E-state index is 0.0899. The van der Waals surface area contributed by atoms with E-state index in [4.69, 9.17) is 0 Å². The number of piperazine rings is 1. The van der Waals surface area contributed by atoms with Gasteiger partial charge in [0.1, 0.15) is 0 Å². The van der Waals surface area contributed by atoms with Crippen molar-refractivity contribution in [2.45, 2.75) is 71.0 Å². The molecular weight excluding hydrogens is 256 g/mol. The van der Waals surface area contributed by atoms with Gasteiger partial charge in [0.15, 0.2) is 0 Å². The Balaban J connectivity index is 2.38. The molecule has 1 fully saturated rings. The quantitative estimate of drug-likeness (QED) is 0.875. The van der Waals surface area contributed by atoms with Gasteiger partial charge < -0.3 is 5.32 Å². The highest BCUT2D eigenvalue weighted by Gasteiger charge is 2.44. The van der Waals surface area contributed by atoms with Crippen LogP contribution in [-0.2, 0) is 5.54 Å². The van der Waals surface area contributed by atoms with Gasteiger partial charge in [-0.25, -0.2) is 0 Å². The van der Waals surface area contributed by atoms with Gasteiger partial charge in [0, 0.05) is 24.7 Å². The maximum atomic E-state index is 3.83. The monoisotopic (exact) mass is 288 g/mol. The molecule has 1 N–H and O–H groups in total. The van der Waals surface area contributed by atoms with Crippen LogP contribution in [0.1, 0.15) is 59.4 Å². The molecule has 0 bridgehead atoms. The fourth-order valence-corrected chi connectivity index (χ4v) is 3.66. The average molecular weight is 288 g/mol. The third kappa shape index (κ3) is 3.17. The largest absolute Gasteiger partial charge is 0.308 e. The van der Waals surface area contributed by atoms with E-state index in [1.54, 1.807) is 0 Å². The van der Waals surface area contributed by atoms with Crippen LogP contribution < -0.4 is 5.32 Å². The fraction of sp³-hybridized carbons (Fsp3) is 0.684. The summed E-state index contributed by atoms with van der Waals surface area (Å²) in [6, 6.07) is 11.7. The summed E-state index contributed by atoms with van der Waals surface area (Å²) in [7, 11) is 0. The number of rotatable bonds is 5.